The van der Waals surface area contributed by atoms with Crippen LogP contribution in [0, 0.1) is 11.8 Å². The van der Waals surface area contributed by atoms with E-state index in [2.05, 4.69) is 24.1 Å². The van der Waals surface area contributed by atoms with Crippen LogP contribution in [0.1, 0.15) is 44.1 Å². The van der Waals surface area contributed by atoms with Gasteiger partial charge in [-0.3, -0.25) is 9.59 Å². The molecule has 0 spiro atoms. The molecule has 1 heterocycles. The van der Waals surface area contributed by atoms with E-state index in [1.165, 1.54) is 18.0 Å². The minimum atomic E-state index is -0.259. The van der Waals surface area contributed by atoms with Crippen LogP contribution in [-0.4, -0.2) is 40.5 Å². The monoisotopic (exact) mass is 403 g/mol. The molecular weight excluding hydrogens is 374 g/mol. The number of hydrogen-bond acceptors (Lipinski definition) is 5. The molecule has 0 bridgehead atoms. The van der Waals surface area contributed by atoms with Crippen molar-refractivity contribution in [2.75, 3.05) is 18.8 Å². The van der Waals surface area contributed by atoms with Gasteiger partial charge < -0.3 is 14.6 Å². The highest BCUT2D eigenvalue weighted by molar-refractivity contribution is 8.00. The molecule has 1 aromatic heterocycles. The molecule has 0 radical (unpaired) electrons. The van der Waals surface area contributed by atoms with Gasteiger partial charge in [0.2, 0.25) is 11.8 Å². The molecule has 0 aliphatic rings. The number of carbonyl (C=O) groups is 2. The summed E-state index contributed by atoms with van der Waals surface area (Å²) < 4.78 is 5.44. The largest absolute Gasteiger partial charge is 0.446 e. The lowest BCUT2D eigenvalue weighted by Crippen LogP contribution is -2.35. The average molecular weight is 404 g/mol. The molecule has 1 aromatic carbocycles. The Morgan fingerprint density at radius 1 is 1.14 bits per heavy atom. The smallest absolute Gasteiger partial charge is 0.273 e. The predicted octanol–water partition coefficient (Wildman–Crippen LogP) is 3.84. The van der Waals surface area contributed by atoms with Crippen LogP contribution in [0.2, 0.25) is 0 Å². The van der Waals surface area contributed by atoms with Gasteiger partial charge >= 0.3 is 0 Å². The zero-order chi connectivity index (χ0) is 20.5. The predicted molar refractivity (Wildman–Crippen MR) is 111 cm³/mol. The minimum absolute atomic E-state index is 0.0200. The van der Waals surface area contributed by atoms with Crippen molar-refractivity contribution in [1.82, 2.24) is 15.2 Å². The van der Waals surface area contributed by atoms with E-state index < -0.39 is 0 Å². The summed E-state index contributed by atoms with van der Waals surface area (Å²) in [6, 6.07) is 9.84. The van der Waals surface area contributed by atoms with Crippen LogP contribution in [0.5, 0.6) is 0 Å². The highest BCUT2D eigenvalue weighted by Crippen LogP contribution is 2.18. The van der Waals surface area contributed by atoms with Gasteiger partial charge in [0.1, 0.15) is 6.26 Å². The molecule has 0 unspecified atom stereocenters. The molecule has 0 fully saturated rings. The number of nitrogens with zero attached hydrogens (tertiary/aromatic N) is 2. The lowest BCUT2D eigenvalue weighted by Gasteiger charge is -2.23. The number of oxazole rings is 1. The number of thioether (sulfide) groups is 1. The summed E-state index contributed by atoms with van der Waals surface area (Å²) in [6.07, 6.45) is 1.35. The van der Waals surface area contributed by atoms with Crippen molar-refractivity contribution >= 4 is 23.6 Å². The first-order valence-electron chi connectivity index (χ1n) is 9.53. The summed E-state index contributed by atoms with van der Waals surface area (Å²) in [5.74, 6) is 1.15. The average Bonchev–Trinajstić information content (AvgIpc) is 3.12. The van der Waals surface area contributed by atoms with Crippen molar-refractivity contribution in [3.63, 3.8) is 0 Å². The Morgan fingerprint density at radius 3 is 2.50 bits per heavy atom. The van der Waals surface area contributed by atoms with Gasteiger partial charge in [0.05, 0.1) is 12.3 Å². The van der Waals surface area contributed by atoms with Crippen LogP contribution in [0.25, 0.3) is 0 Å². The SMILES string of the molecule is CC(C)CNC(=O)c1coc(CN(CC(C)C)C(=O)CSc2ccccc2)n1. The number of nitrogens with one attached hydrogen (secondary N) is 1. The van der Waals surface area contributed by atoms with Crippen molar-refractivity contribution in [2.24, 2.45) is 11.8 Å². The maximum Gasteiger partial charge on any atom is 0.273 e. The van der Waals surface area contributed by atoms with E-state index >= 15 is 0 Å². The molecule has 2 aromatic rings. The van der Waals surface area contributed by atoms with E-state index in [1.54, 1.807) is 4.90 Å². The summed E-state index contributed by atoms with van der Waals surface area (Å²) >= 11 is 1.51. The number of amides is 2. The van der Waals surface area contributed by atoms with Crippen LogP contribution in [0.3, 0.4) is 0 Å². The lowest BCUT2D eigenvalue weighted by molar-refractivity contribution is -0.129. The van der Waals surface area contributed by atoms with Crippen LogP contribution in [0.4, 0.5) is 0 Å². The van der Waals surface area contributed by atoms with Gasteiger partial charge in [-0.2, -0.15) is 0 Å². The third-order valence-corrected chi connectivity index (χ3v) is 4.82. The summed E-state index contributed by atoms with van der Waals surface area (Å²) in [5.41, 5.74) is 0.242. The summed E-state index contributed by atoms with van der Waals surface area (Å²) in [6.45, 7) is 9.61. The molecule has 0 saturated carbocycles. The molecule has 1 N–H and O–H groups in total. The first kappa shape index (κ1) is 22.0. The lowest BCUT2D eigenvalue weighted by atomic mass is 10.2. The fourth-order valence-electron chi connectivity index (χ4n) is 2.49. The highest BCUT2D eigenvalue weighted by Gasteiger charge is 2.20. The van der Waals surface area contributed by atoms with E-state index in [0.717, 1.165) is 4.90 Å². The quantitative estimate of drug-likeness (QED) is 0.610. The maximum absolute atomic E-state index is 12.7. The van der Waals surface area contributed by atoms with E-state index in [1.807, 2.05) is 44.2 Å². The van der Waals surface area contributed by atoms with Crippen molar-refractivity contribution in [1.29, 1.82) is 0 Å². The van der Waals surface area contributed by atoms with Crippen LogP contribution < -0.4 is 5.32 Å². The van der Waals surface area contributed by atoms with Crippen molar-refractivity contribution in [3.05, 3.63) is 48.2 Å². The third-order valence-electron chi connectivity index (χ3n) is 3.83. The zero-order valence-corrected chi connectivity index (χ0v) is 17.8. The van der Waals surface area contributed by atoms with Gasteiger partial charge in [0.25, 0.3) is 5.91 Å². The first-order chi connectivity index (χ1) is 13.3. The molecule has 152 valence electrons. The Kier molecular flexibility index (Phi) is 8.57. The Hall–Kier alpha value is -2.28. The number of aromatic nitrogens is 1. The number of rotatable bonds is 10. The van der Waals surface area contributed by atoms with Gasteiger partial charge in [-0.25, -0.2) is 4.98 Å². The molecule has 0 aliphatic carbocycles. The molecule has 2 rings (SSSR count). The summed E-state index contributed by atoms with van der Waals surface area (Å²) in [4.78, 5) is 31.9. The van der Waals surface area contributed by atoms with Gasteiger partial charge in [0, 0.05) is 18.0 Å². The topological polar surface area (TPSA) is 75.4 Å². The van der Waals surface area contributed by atoms with E-state index in [0.29, 0.717) is 36.6 Å². The second-order valence-electron chi connectivity index (χ2n) is 7.50. The molecule has 6 nitrogen and oxygen atoms in total. The van der Waals surface area contributed by atoms with Gasteiger partial charge in [0.15, 0.2) is 5.69 Å². The van der Waals surface area contributed by atoms with Crippen molar-refractivity contribution < 1.29 is 14.0 Å². The van der Waals surface area contributed by atoms with Gasteiger partial charge in [-0.15, -0.1) is 11.8 Å². The normalized spacial score (nSPS) is 11.1. The molecule has 0 aliphatic heterocycles. The second-order valence-corrected chi connectivity index (χ2v) is 8.55. The number of hydrogen-bond donors (Lipinski definition) is 1. The molecule has 0 saturated heterocycles. The minimum Gasteiger partial charge on any atom is -0.446 e. The summed E-state index contributed by atoms with van der Waals surface area (Å²) in [5, 5.41) is 2.81. The van der Waals surface area contributed by atoms with Crippen molar-refractivity contribution in [3.8, 4) is 0 Å². The number of benzene rings is 1. The van der Waals surface area contributed by atoms with Gasteiger partial charge in [-0.1, -0.05) is 45.9 Å². The fourth-order valence-corrected chi connectivity index (χ4v) is 3.31. The van der Waals surface area contributed by atoms with Gasteiger partial charge in [-0.05, 0) is 24.0 Å². The Labute approximate surface area is 171 Å². The highest BCUT2D eigenvalue weighted by atomic mass is 32.2. The Bertz CT molecular complexity index is 759. The number of carbonyl (C=O) groups excluding carboxylic acids is 2. The molecule has 7 heteroatoms. The van der Waals surface area contributed by atoms with E-state index in [9.17, 15) is 9.59 Å². The molecule has 0 atom stereocenters. The van der Waals surface area contributed by atoms with Crippen molar-refractivity contribution in [2.45, 2.75) is 39.1 Å². The second kappa shape index (κ2) is 10.9. The first-order valence-corrected chi connectivity index (χ1v) is 10.5. The molecule has 2 amide bonds. The molecule has 28 heavy (non-hydrogen) atoms. The van der Waals surface area contributed by atoms with E-state index in [-0.39, 0.29) is 24.1 Å². The van der Waals surface area contributed by atoms with Crippen LogP contribution in [0.15, 0.2) is 45.9 Å². The Morgan fingerprint density at radius 2 is 1.86 bits per heavy atom. The van der Waals surface area contributed by atoms with E-state index in [4.69, 9.17) is 4.42 Å². The maximum atomic E-state index is 12.7. The zero-order valence-electron chi connectivity index (χ0n) is 17.0. The van der Waals surface area contributed by atoms with Crippen LogP contribution in [-0.2, 0) is 11.3 Å². The third kappa shape index (κ3) is 7.38. The Balaban J connectivity index is 1.97. The van der Waals surface area contributed by atoms with Crippen LogP contribution >= 0.6 is 11.8 Å². The standard InChI is InChI=1S/C21H29N3O3S/c1-15(2)10-22-21(26)18-13-27-19(23-18)12-24(11-16(3)4)20(25)14-28-17-8-6-5-7-9-17/h5-9,13,15-16H,10-12,14H2,1-4H3,(H,22,26). The molecular formula is C21H29N3O3S. The summed E-state index contributed by atoms with van der Waals surface area (Å²) in [7, 11) is 0. The fraction of sp³-hybridized carbons (Fsp3) is 0.476.